The van der Waals surface area contributed by atoms with Crippen LogP contribution in [-0.4, -0.2) is 74.9 Å². The SMILES string of the molecule is CC/C=C/C/C=C/C/C=C/C/C=C/C/C=C/CCCCCC(=O)O[C@H](COC(=O)CCCCCCC/C=C/C/C=C/CCCC)COP(=O)(O)OCC[N+](C)(C)C. The van der Waals surface area contributed by atoms with E-state index in [9.17, 15) is 19.0 Å². The highest BCUT2D eigenvalue weighted by atomic mass is 31.2. The van der Waals surface area contributed by atoms with E-state index in [2.05, 4.69) is 98.9 Å². The van der Waals surface area contributed by atoms with Gasteiger partial charge >= 0.3 is 19.8 Å². The molecule has 0 aliphatic carbocycles. The molecule has 2 atom stereocenters. The highest BCUT2D eigenvalue weighted by molar-refractivity contribution is 7.47. The van der Waals surface area contributed by atoms with Crippen LogP contribution in [0.4, 0.5) is 0 Å². The lowest BCUT2D eigenvalue weighted by Gasteiger charge is -2.24. The second kappa shape index (κ2) is 38.7. The minimum atomic E-state index is -4.39. The number of phosphoric acid groups is 1. The summed E-state index contributed by atoms with van der Waals surface area (Å²) in [7, 11) is 1.43. The van der Waals surface area contributed by atoms with E-state index in [0.29, 0.717) is 23.9 Å². The number of phosphoric ester groups is 1. The summed E-state index contributed by atoms with van der Waals surface area (Å²) < 4.78 is 34.2. The van der Waals surface area contributed by atoms with Crippen molar-refractivity contribution in [2.24, 2.45) is 0 Å². The summed E-state index contributed by atoms with van der Waals surface area (Å²) in [4.78, 5) is 35.3. The molecule has 57 heavy (non-hydrogen) atoms. The summed E-state index contributed by atoms with van der Waals surface area (Å²) >= 11 is 0. The third-order valence-corrected chi connectivity index (χ3v) is 9.64. The van der Waals surface area contributed by atoms with Crippen molar-refractivity contribution in [1.82, 2.24) is 0 Å². The number of allylic oxidation sites excluding steroid dienone is 14. The van der Waals surface area contributed by atoms with Crippen molar-refractivity contribution in [3.05, 3.63) is 85.1 Å². The number of hydrogen-bond donors (Lipinski definition) is 1. The van der Waals surface area contributed by atoms with E-state index in [1.807, 2.05) is 21.1 Å². The molecule has 0 aliphatic rings. The molecule has 0 fully saturated rings. The van der Waals surface area contributed by atoms with Crippen molar-refractivity contribution in [1.29, 1.82) is 0 Å². The third kappa shape index (κ3) is 42.6. The fourth-order valence-corrected chi connectivity index (χ4v) is 5.97. The summed E-state index contributed by atoms with van der Waals surface area (Å²) in [5.41, 5.74) is 0. The second-order valence-electron chi connectivity index (χ2n) is 15.3. The van der Waals surface area contributed by atoms with Crippen molar-refractivity contribution in [2.45, 2.75) is 155 Å². The summed E-state index contributed by atoms with van der Waals surface area (Å²) in [6, 6.07) is 0. The van der Waals surface area contributed by atoms with Crippen LogP contribution < -0.4 is 0 Å². The Balaban J connectivity index is 4.48. The number of ether oxygens (including phenoxy) is 2. The van der Waals surface area contributed by atoms with Crippen LogP contribution >= 0.6 is 7.82 Å². The second-order valence-corrected chi connectivity index (χ2v) is 16.8. The first-order valence-electron chi connectivity index (χ1n) is 21.8. The Morgan fingerprint density at radius 2 is 1.00 bits per heavy atom. The predicted octanol–water partition coefficient (Wildman–Crippen LogP) is 12.4. The predicted molar refractivity (Wildman–Crippen MR) is 238 cm³/mol. The molecule has 0 aromatic rings. The molecule has 0 bridgehead atoms. The van der Waals surface area contributed by atoms with E-state index in [-0.39, 0.29) is 26.1 Å². The number of esters is 2. The van der Waals surface area contributed by atoms with Crippen molar-refractivity contribution in [3.63, 3.8) is 0 Å². The highest BCUT2D eigenvalue weighted by Gasteiger charge is 2.27. The van der Waals surface area contributed by atoms with Gasteiger partial charge in [0, 0.05) is 12.8 Å². The fraction of sp³-hybridized carbons (Fsp3) is 0.660. The van der Waals surface area contributed by atoms with Crippen LogP contribution in [0.3, 0.4) is 0 Å². The third-order valence-electron chi connectivity index (χ3n) is 8.66. The van der Waals surface area contributed by atoms with Gasteiger partial charge in [-0.3, -0.25) is 18.6 Å². The molecule has 0 heterocycles. The monoisotopic (exact) mass is 819 g/mol. The van der Waals surface area contributed by atoms with Gasteiger partial charge in [0.1, 0.15) is 19.8 Å². The molecule has 0 radical (unpaired) electrons. The number of carbonyl (C=O) groups is 2. The lowest BCUT2D eigenvalue weighted by Crippen LogP contribution is -2.37. The summed E-state index contributed by atoms with van der Waals surface area (Å²) in [6.07, 6.45) is 49.1. The minimum absolute atomic E-state index is 0.0177. The largest absolute Gasteiger partial charge is 0.472 e. The van der Waals surface area contributed by atoms with Crippen LogP contribution in [0, 0.1) is 0 Å². The summed E-state index contributed by atoms with van der Waals surface area (Å²) in [6.45, 7) is 4.18. The summed E-state index contributed by atoms with van der Waals surface area (Å²) in [5, 5.41) is 0. The van der Waals surface area contributed by atoms with Gasteiger partial charge in [0.05, 0.1) is 27.7 Å². The first kappa shape index (κ1) is 54.2. The number of rotatable bonds is 38. The van der Waals surface area contributed by atoms with Gasteiger partial charge in [-0.15, -0.1) is 0 Å². The van der Waals surface area contributed by atoms with Crippen molar-refractivity contribution >= 4 is 19.8 Å². The van der Waals surface area contributed by atoms with E-state index in [1.54, 1.807) is 0 Å². The molecule has 0 rings (SSSR count). The maximum Gasteiger partial charge on any atom is 0.472 e. The Morgan fingerprint density at radius 3 is 1.51 bits per heavy atom. The number of hydrogen-bond acceptors (Lipinski definition) is 7. The zero-order chi connectivity index (χ0) is 42.1. The van der Waals surface area contributed by atoms with Gasteiger partial charge in [-0.05, 0) is 83.5 Å². The number of carbonyl (C=O) groups excluding carboxylic acids is 2. The molecule has 0 saturated heterocycles. The zero-order valence-electron chi connectivity index (χ0n) is 36.5. The molecule has 0 spiro atoms. The quantitative estimate of drug-likeness (QED) is 0.0216. The topological polar surface area (TPSA) is 108 Å². The molecule has 1 N–H and O–H groups in total. The van der Waals surface area contributed by atoms with Crippen LogP contribution in [0.1, 0.15) is 149 Å². The van der Waals surface area contributed by atoms with E-state index < -0.39 is 32.5 Å². The average molecular weight is 819 g/mol. The molecule has 1 unspecified atom stereocenters. The number of likely N-dealkylation sites (N-methyl/N-ethyl adjacent to an activating group) is 1. The molecule has 0 amide bonds. The van der Waals surface area contributed by atoms with Gasteiger partial charge in [0.25, 0.3) is 0 Å². The molecular formula is C47H81NO8P+. The molecule has 326 valence electrons. The molecular weight excluding hydrogens is 737 g/mol. The van der Waals surface area contributed by atoms with Gasteiger partial charge in [0.15, 0.2) is 6.10 Å². The highest BCUT2D eigenvalue weighted by Crippen LogP contribution is 2.43. The first-order valence-corrected chi connectivity index (χ1v) is 23.3. The first-order chi connectivity index (χ1) is 27.5. The van der Waals surface area contributed by atoms with E-state index in [0.717, 1.165) is 96.3 Å². The Morgan fingerprint density at radius 1 is 0.561 bits per heavy atom. The summed E-state index contributed by atoms with van der Waals surface area (Å²) in [5.74, 6) is -0.862. The van der Waals surface area contributed by atoms with Crippen LogP contribution in [0.5, 0.6) is 0 Å². The zero-order valence-corrected chi connectivity index (χ0v) is 37.4. The molecule has 10 heteroatoms. The molecule has 0 aromatic heterocycles. The average Bonchev–Trinajstić information content (AvgIpc) is 3.16. The van der Waals surface area contributed by atoms with Crippen LogP contribution in [0.25, 0.3) is 0 Å². The molecule has 0 saturated carbocycles. The lowest BCUT2D eigenvalue weighted by molar-refractivity contribution is -0.870. The smallest absolute Gasteiger partial charge is 0.462 e. The molecule has 0 aliphatic heterocycles. The van der Waals surface area contributed by atoms with E-state index in [4.69, 9.17) is 18.5 Å². The van der Waals surface area contributed by atoms with Crippen molar-refractivity contribution < 1.29 is 42.1 Å². The van der Waals surface area contributed by atoms with Crippen molar-refractivity contribution in [2.75, 3.05) is 47.5 Å². The van der Waals surface area contributed by atoms with E-state index in [1.165, 1.54) is 12.8 Å². The lowest BCUT2D eigenvalue weighted by atomic mass is 10.1. The van der Waals surface area contributed by atoms with E-state index >= 15 is 0 Å². The Bertz CT molecular complexity index is 1240. The standard InChI is InChI=1S/C47H80NO8P/c1-6-8-10-12-14-16-18-20-22-23-24-25-26-28-30-32-34-36-38-40-47(50)56-45(44-55-57(51,52)54-42-41-48(3,4)5)43-53-46(49)39-37-35-33-31-29-27-21-19-17-15-13-11-9-7-2/h8,10,13-16,19-22,24-25,28,30,45H,6-7,9,11-12,17-18,23,26-27,29,31-44H2,1-5H3/p+1/b10-8+,15-13+,16-14+,21-19+,22-20+,25-24+,30-28+/t45-/m1/s1. The molecule has 9 nitrogen and oxygen atoms in total. The number of unbranched alkanes of at least 4 members (excludes halogenated alkanes) is 10. The molecule has 0 aromatic carbocycles. The van der Waals surface area contributed by atoms with Crippen LogP contribution in [0.15, 0.2) is 85.1 Å². The maximum atomic E-state index is 12.7. The van der Waals surface area contributed by atoms with Crippen molar-refractivity contribution in [3.8, 4) is 0 Å². The van der Waals surface area contributed by atoms with Gasteiger partial charge < -0.3 is 18.9 Å². The normalized spacial score (nSPS) is 14.4. The van der Waals surface area contributed by atoms with Crippen LogP contribution in [0.2, 0.25) is 0 Å². The number of nitrogens with zero attached hydrogens (tertiary/aromatic N) is 1. The van der Waals surface area contributed by atoms with Gasteiger partial charge in [-0.2, -0.15) is 0 Å². The van der Waals surface area contributed by atoms with Gasteiger partial charge in [-0.1, -0.05) is 137 Å². The van der Waals surface area contributed by atoms with Gasteiger partial charge in [0.2, 0.25) is 0 Å². The van der Waals surface area contributed by atoms with Gasteiger partial charge in [-0.25, -0.2) is 4.57 Å². The minimum Gasteiger partial charge on any atom is -0.462 e. The Kier molecular flexibility index (Phi) is 36.8. The number of quaternary nitrogens is 1. The maximum absolute atomic E-state index is 12.7. The fourth-order valence-electron chi connectivity index (χ4n) is 5.23. The Hall–Kier alpha value is -2.81. The van der Waals surface area contributed by atoms with Crippen LogP contribution in [-0.2, 0) is 32.7 Å². The Labute approximate surface area is 348 Å².